The molecule has 0 unspecified atom stereocenters. The van der Waals surface area contributed by atoms with Crippen LogP contribution in [0.5, 0.6) is 0 Å². The van der Waals surface area contributed by atoms with E-state index >= 15 is 0 Å². The first kappa shape index (κ1) is 31.4. The number of alkyl carbamates (subject to hydrolysis) is 2. The summed E-state index contributed by atoms with van der Waals surface area (Å²) in [5.41, 5.74) is 2.33. The summed E-state index contributed by atoms with van der Waals surface area (Å²) in [7, 11) is 2.25. The van der Waals surface area contributed by atoms with Gasteiger partial charge in [0.25, 0.3) is 0 Å². The van der Waals surface area contributed by atoms with Gasteiger partial charge < -0.3 is 30.0 Å². The van der Waals surface area contributed by atoms with Gasteiger partial charge in [0, 0.05) is 11.5 Å². The normalized spacial score (nSPS) is 11.9. The van der Waals surface area contributed by atoms with Gasteiger partial charge in [0.1, 0.15) is 31.9 Å². The number of amides is 2. The number of carboxylic acids is 1. The van der Waals surface area contributed by atoms with Crippen molar-refractivity contribution < 1.29 is 38.5 Å². The largest absolute Gasteiger partial charge is 0.480 e. The van der Waals surface area contributed by atoms with Crippen LogP contribution in [0.1, 0.15) is 16.7 Å². The third kappa shape index (κ3) is 12.3. The van der Waals surface area contributed by atoms with Crippen molar-refractivity contribution in [2.45, 2.75) is 31.9 Å². The summed E-state index contributed by atoms with van der Waals surface area (Å²) in [6, 6.07) is 24.8. The second-order valence-electron chi connectivity index (χ2n) is 8.52. The van der Waals surface area contributed by atoms with E-state index in [4.69, 9.17) is 14.2 Å². The van der Waals surface area contributed by atoms with E-state index in [0.29, 0.717) is 0 Å². The van der Waals surface area contributed by atoms with E-state index < -0.39 is 36.2 Å². The zero-order chi connectivity index (χ0) is 29.3. The molecule has 0 heterocycles. The number of carboxylic acid groups (broad SMARTS) is 1. The summed E-state index contributed by atoms with van der Waals surface area (Å²) in [6.45, 7) is 0.0389. The Bertz CT molecular complexity index is 1250. The minimum absolute atomic E-state index is 0.000278. The fourth-order valence-electron chi connectivity index (χ4n) is 3.22. The molecule has 0 bridgehead atoms. The zero-order valence-corrected chi connectivity index (χ0v) is 23.6. The summed E-state index contributed by atoms with van der Waals surface area (Å²) in [6.07, 6.45) is -1.66. The van der Waals surface area contributed by atoms with Crippen molar-refractivity contribution in [2.24, 2.45) is 0 Å². The molecule has 0 aliphatic heterocycles. The number of carbonyl (C=O) groups excluding carboxylic acids is 3. The highest BCUT2D eigenvalue weighted by molar-refractivity contribution is 8.76. The van der Waals surface area contributed by atoms with E-state index in [2.05, 4.69) is 10.6 Å². The van der Waals surface area contributed by atoms with Crippen molar-refractivity contribution in [3.8, 4) is 0 Å². The van der Waals surface area contributed by atoms with Crippen LogP contribution in [0, 0.1) is 0 Å². The Morgan fingerprint density at radius 3 is 1.37 bits per heavy atom. The molecule has 0 fully saturated rings. The van der Waals surface area contributed by atoms with Crippen molar-refractivity contribution >= 4 is 45.7 Å². The van der Waals surface area contributed by atoms with Crippen molar-refractivity contribution in [2.75, 3.05) is 11.5 Å². The lowest BCUT2D eigenvalue weighted by atomic mass is 10.2. The Kier molecular flexibility index (Phi) is 13.4. The van der Waals surface area contributed by atoms with Crippen molar-refractivity contribution in [3.05, 3.63) is 108 Å². The molecule has 3 aromatic rings. The van der Waals surface area contributed by atoms with Gasteiger partial charge in [-0.3, -0.25) is 0 Å². The third-order valence-electron chi connectivity index (χ3n) is 5.37. The molecule has 3 N–H and O–H groups in total. The van der Waals surface area contributed by atoms with Gasteiger partial charge in [-0.05, 0) is 16.7 Å². The molecule has 10 nitrogen and oxygen atoms in total. The van der Waals surface area contributed by atoms with Crippen LogP contribution < -0.4 is 10.6 Å². The Balaban J connectivity index is 1.49. The number of aliphatic carboxylic acids is 1. The van der Waals surface area contributed by atoms with Crippen LogP contribution in [-0.2, 0) is 43.6 Å². The van der Waals surface area contributed by atoms with Gasteiger partial charge in [0.2, 0.25) is 0 Å². The van der Waals surface area contributed by atoms with E-state index in [9.17, 15) is 24.3 Å². The van der Waals surface area contributed by atoms with E-state index in [1.807, 2.05) is 42.5 Å². The number of benzene rings is 3. The van der Waals surface area contributed by atoms with E-state index in [1.165, 1.54) is 0 Å². The Morgan fingerprint density at radius 2 is 0.951 bits per heavy atom. The maximum atomic E-state index is 12.8. The van der Waals surface area contributed by atoms with Gasteiger partial charge in [-0.25, -0.2) is 19.2 Å². The van der Waals surface area contributed by atoms with Crippen LogP contribution in [0.2, 0.25) is 0 Å². The lowest BCUT2D eigenvalue weighted by Gasteiger charge is -2.18. The molecule has 0 aromatic heterocycles. The highest BCUT2D eigenvalue weighted by atomic mass is 33.1. The lowest BCUT2D eigenvalue weighted by Crippen LogP contribution is -2.44. The van der Waals surface area contributed by atoms with Crippen LogP contribution >= 0.6 is 21.6 Å². The van der Waals surface area contributed by atoms with Crippen molar-refractivity contribution in [1.29, 1.82) is 0 Å². The molecule has 2 atom stereocenters. The molecule has 3 rings (SSSR count). The maximum Gasteiger partial charge on any atom is 0.408 e. The van der Waals surface area contributed by atoms with Gasteiger partial charge in [-0.1, -0.05) is 113 Å². The molecule has 0 radical (unpaired) electrons. The van der Waals surface area contributed by atoms with Gasteiger partial charge in [-0.15, -0.1) is 0 Å². The van der Waals surface area contributed by atoms with Crippen molar-refractivity contribution in [1.82, 2.24) is 10.6 Å². The van der Waals surface area contributed by atoms with Crippen LogP contribution in [0.4, 0.5) is 9.59 Å². The monoisotopic (exact) mass is 598 g/mol. The van der Waals surface area contributed by atoms with Crippen LogP contribution in [-0.4, -0.2) is 52.8 Å². The Hall–Kier alpha value is -4.16. The summed E-state index contributed by atoms with van der Waals surface area (Å²) in [4.78, 5) is 49.0. The highest BCUT2D eigenvalue weighted by Crippen LogP contribution is 2.24. The number of hydrogen-bond donors (Lipinski definition) is 3. The molecule has 3 aromatic carbocycles. The molecule has 216 valence electrons. The number of carbonyl (C=O) groups is 4. The molecule has 0 aliphatic carbocycles. The number of esters is 1. The predicted octanol–water partition coefficient (Wildman–Crippen LogP) is 4.79. The number of hydrogen-bond acceptors (Lipinski definition) is 9. The maximum absolute atomic E-state index is 12.8. The molecule has 12 heteroatoms. The smallest absolute Gasteiger partial charge is 0.408 e. The number of nitrogens with one attached hydrogen (secondary N) is 2. The van der Waals surface area contributed by atoms with E-state index in [-0.39, 0.29) is 31.3 Å². The van der Waals surface area contributed by atoms with Crippen LogP contribution in [0.25, 0.3) is 0 Å². The molecule has 2 amide bonds. The Labute approximate surface area is 245 Å². The lowest BCUT2D eigenvalue weighted by molar-refractivity contribution is -0.146. The summed E-state index contributed by atoms with van der Waals surface area (Å²) >= 11 is 0. The summed E-state index contributed by atoms with van der Waals surface area (Å²) < 4.78 is 15.7. The topological polar surface area (TPSA) is 140 Å². The highest BCUT2D eigenvalue weighted by Gasteiger charge is 2.25. The van der Waals surface area contributed by atoms with Crippen LogP contribution in [0.3, 0.4) is 0 Å². The van der Waals surface area contributed by atoms with Gasteiger partial charge in [-0.2, -0.15) is 0 Å². The van der Waals surface area contributed by atoms with Gasteiger partial charge in [0.05, 0.1) is 0 Å². The predicted molar refractivity (Wildman–Crippen MR) is 156 cm³/mol. The second kappa shape index (κ2) is 17.5. The number of ether oxygens (including phenoxy) is 3. The molecular weight excluding hydrogens is 568 g/mol. The van der Waals surface area contributed by atoms with E-state index in [0.717, 1.165) is 38.3 Å². The average molecular weight is 599 g/mol. The molecular formula is C29H30N2O8S2. The summed E-state index contributed by atoms with van der Waals surface area (Å²) in [5.74, 6) is -1.87. The molecule has 0 saturated carbocycles. The quantitative estimate of drug-likeness (QED) is 0.0968. The van der Waals surface area contributed by atoms with Crippen molar-refractivity contribution in [3.63, 3.8) is 0 Å². The minimum atomic E-state index is -1.24. The third-order valence-corrected chi connectivity index (χ3v) is 7.79. The van der Waals surface area contributed by atoms with Gasteiger partial charge >= 0.3 is 24.1 Å². The van der Waals surface area contributed by atoms with Crippen LogP contribution in [0.15, 0.2) is 91.0 Å². The molecule has 0 aliphatic rings. The summed E-state index contributed by atoms with van der Waals surface area (Å²) in [5, 5.41) is 14.4. The SMILES string of the molecule is O=C(N[C@H](CSSC[C@@H](NC(=O)OCc1ccccc1)C(=O)OCc1ccccc1)C(=O)O)OCc1ccccc1. The second-order valence-corrected chi connectivity index (χ2v) is 11.1. The first-order valence-corrected chi connectivity index (χ1v) is 15.0. The molecule has 0 saturated heterocycles. The number of rotatable bonds is 15. The fourth-order valence-corrected chi connectivity index (χ4v) is 5.52. The molecule has 41 heavy (non-hydrogen) atoms. The Morgan fingerprint density at radius 1 is 0.585 bits per heavy atom. The first-order valence-electron chi connectivity index (χ1n) is 12.5. The minimum Gasteiger partial charge on any atom is -0.480 e. The van der Waals surface area contributed by atoms with E-state index in [1.54, 1.807) is 48.5 Å². The standard InChI is InChI=1S/C29H30N2O8S2/c32-26(33)24(30-28(35)38-17-22-12-6-2-7-13-22)19-40-41-20-25(27(34)37-16-21-10-4-1-5-11-21)31-29(36)39-18-23-14-8-3-9-15-23/h1-15,24-25H,16-20H2,(H,30,35)(H,31,36)(H,32,33)/t24-,25-/m1/s1. The molecule has 0 spiro atoms. The average Bonchev–Trinajstić information content (AvgIpc) is 3.00. The first-order chi connectivity index (χ1) is 19.9. The fraction of sp³-hybridized carbons (Fsp3) is 0.241. The van der Waals surface area contributed by atoms with Gasteiger partial charge in [0.15, 0.2) is 0 Å². The zero-order valence-electron chi connectivity index (χ0n) is 22.0.